The first-order valence-electron chi connectivity index (χ1n) is 8.14. The van der Waals surface area contributed by atoms with Crippen molar-refractivity contribution >= 4 is 40.5 Å². The maximum absolute atomic E-state index is 12.1. The van der Waals surface area contributed by atoms with E-state index in [0.29, 0.717) is 28.9 Å². The molecule has 0 aliphatic heterocycles. The number of anilines is 2. The van der Waals surface area contributed by atoms with Crippen LogP contribution in [0.5, 0.6) is 0 Å². The number of esters is 1. The average Bonchev–Trinajstić information content (AvgIpc) is 2.59. The predicted molar refractivity (Wildman–Crippen MR) is 105 cm³/mol. The molecule has 2 aromatic carbocycles. The van der Waals surface area contributed by atoms with Crippen molar-refractivity contribution in [3.8, 4) is 0 Å². The second-order valence-corrected chi connectivity index (χ2v) is 6.31. The second-order valence-electron chi connectivity index (χ2n) is 5.50. The summed E-state index contributed by atoms with van der Waals surface area (Å²) in [5, 5.41) is 1.08. The van der Waals surface area contributed by atoms with Gasteiger partial charge in [0.05, 0.1) is 28.8 Å². The zero-order chi connectivity index (χ0) is 18.2. The number of rotatable bonds is 8. The molecule has 132 valence electrons. The van der Waals surface area contributed by atoms with E-state index in [4.69, 9.17) is 27.9 Å². The van der Waals surface area contributed by atoms with Crippen LogP contribution in [0.1, 0.15) is 18.9 Å². The van der Waals surface area contributed by atoms with Crippen LogP contribution in [0.3, 0.4) is 0 Å². The third-order valence-corrected chi connectivity index (χ3v) is 4.21. The molecule has 3 nitrogen and oxygen atoms in total. The molecule has 0 aromatic heterocycles. The standard InChI is InChI=1S/C20H21Cl2NO2/c1-3-12-23(20-16(21)9-7-10-17(20)22)18-11-6-5-8-15(18)14-19(24)25-13-4-2/h3,5-11H,1,4,12-14H2,2H3. The lowest BCUT2D eigenvalue weighted by Gasteiger charge is -2.27. The lowest BCUT2D eigenvalue weighted by Crippen LogP contribution is -2.20. The maximum atomic E-state index is 12.1. The van der Waals surface area contributed by atoms with Crippen molar-refractivity contribution in [3.63, 3.8) is 0 Å². The number of nitrogens with zero attached hydrogens (tertiary/aromatic N) is 1. The second kappa shape index (κ2) is 9.50. The number of ether oxygens (including phenoxy) is 1. The van der Waals surface area contributed by atoms with Gasteiger partial charge in [-0.05, 0) is 30.2 Å². The Morgan fingerprint density at radius 1 is 1.16 bits per heavy atom. The van der Waals surface area contributed by atoms with E-state index in [1.165, 1.54) is 0 Å². The number of halogens is 2. The zero-order valence-electron chi connectivity index (χ0n) is 14.2. The van der Waals surface area contributed by atoms with Crippen molar-refractivity contribution in [2.24, 2.45) is 0 Å². The Morgan fingerprint density at radius 2 is 1.84 bits per heavy atom. The Bertz CT molecular complexity index is 726. The smallest absolute Gasteiger partial charge is 0.310 e. The molecule has 0 amide bonds. The minimum atomic E-state index is -0.252. The summed E-state index contributed by atoms with van der Waals surface area (Å²) in [7, 11) is 0. The first-order valence-corrected chi connectivity index (χ1v) is 8.90. The third kappa shape index (κ3) is 5.00. The summed E-state index contributed by atoms with van der Waals surface area (Å²) in [5.41, 5.74) is 2.40. The highest BCUT2D eigenvalue weighted by molar-refractivity contribution is 6.39. The van der Waals surface area contributed by atoms with Gasteiger partial charge in [-0.25, -0.2) is 0 Å². The molecule has 0 atom stereocenters. The van der Waals surface area contributed by atoms with E-state index in [1.807, 2.05) is 36.1 Å². The van der Waals surface area contributed by atoms with Crippen molar-refractivity contribution in [1.29, 1.82) is 0 Å². The normalized spacial score (nSPS) is 10.4. The number of hydrogen-bond donors (Lipinski definition) is 0. The molecule has 2 rings (SSSR count). The Kier molecular flexibility index (Phi) is 7.35. The van der Waals surface area contributed by atoms with E-state index >= 15 is 0 Å². The van der Waals surface area contributed by atoms with E-state index in [9.17, 15) is 4.79 Å². The van der Waals surface area contributed by atoms with E-state index in [1.54, 1.807) is 24.3 Å². The SMILES string of the molecule is C=CCN(c1ccccc1CC(=O)OCCC)c1c(Cl)cccc1Cl. The molecule has 0 bridgehead atoms. The molecule has 2 aromatic rings. The summed E-state index contributed by atoms with van der Waals surface area (Å²) in [6.07, 6.45) is 2.75. The largest absolute Gasteiger partial charge is 0.465 e. The van der Waals surface area contributed by atoms with Gasteiger partial charge in [0.15, 0.2) is 0 Å². The van der Waals surface area contributed by atoms with Gasteiger partial charge in [-0.15, -0.1) is 6.58 Å². The number of hydrogen-bond acceptors (Lipinski definition) is 3. The average molecular weight is 378 g/mol. The molecule has 0 fully saturated rings. The summed E-state index contributed by atoms with van der Waals surface area (Å²) in [5.74, 6) is -0.252. The highest BCUT2D eigenvalue weighted by atomic mass is 35.5. The number of carbonyl (C=O) groups is 1. The molecule has 0 aliphatic carbocycles. The molecule has 0 unspecified atom stereocenters. The van der Waals surface area contributed by atoms with Crippen LogP contribution in [-0.4, -0.2) is 19.1 Å². The van der Waals surface area contributed by atoms with Crippen LogP contribution in [0.2, 0.25) is 10.0 Å². The van der Waals surface area contributed by atoms with Gasteiger partial charge in [-0.1, -0.05) is 60.5 Å². The summed E-state index contributed by atoms with van der Waals surface area (Å²) >= 11 is 12.8. The quantitative estimate of drug-likeness (QED) is 0.429. The molecule has 0 spiro atoms. The summed E-state index contributed by atoms with van der Waals surface area (Å²) in [6, 6.07) is 13.0. The van der Waals surface area contributed by atoms with E-state index in [-0.39, 0.29) is 12.4 Å². The zero-order valence-corrected chi connectivity index (χ0v) is 15.7. The fourth-order valence-electron chi connectivity index (χ4n) is 2.53. The van der Waals surface area contributed by atoms with Gasteiger partial charge in [0.2, 0.25) is 0 Å². The van der Waals surface area contributed by atoms with E-state index in [0.717, 1.165) is 17.7 Å². The van der Waals surface area contributed by atoms with Crippen LogP contribution in [0.15, 0.2) is 55.1 Å². The molecular weight excluding hydrogens is 357 g/mol. The van der Waals surface area contributed by atoms with Crippen LogP contribution in [0, 0.1) is 0 Å². The van der Waals surface area contributed by atoms with Gasteiger partial charge in [0.25, 0.3) is 0 Å². The molecule has 0 saturated heterocycles. The molecule has 0 saturated carbocycles. The minimum Gasteiger partial charge on any atom is -0.465 e. The van der Waals surface area contributed by atoms with Gasteiger partial charge in [-0.2, -0.15) is 0 Å². The van der Waals surface area contributed by atoms with Gasteiger partial charge >= 0.3 is 5.97 Å². The Hall–Kier alpha value is -1.97. The van der Waals surface area contributed by atoms with Gasteiger partial charge < -0.3 is 9.64 Å². The Morgan fingerprint density at radius 3 is 2.48 bits per heavy atom. The number of carbonyl (C=O) groups excluding carboxylic acids is 1. The topological polar surface area (TPSA) is 29.5 Å². The van der Waals surface area contributed by atoms with Gasteiger partial charge in [0, 0.05) is 12.2 Å². The van der Waals surface area contributed by atoms with Crippen molar-refractivity contribution < 1.29 is 9.53 Å². The molecule has 0 aliphatic rings. The highest BCUT2D eigenvalue weighted by Crippen LogP contribution is 2.39. The molecule has 5 heteroatoms. The molecular formula is C20H21Cl2NO2. The fourth-order valence-corrected chi connectivity index (χ4v) is 3.13. The highest BCUT2D eigenvalue weighted by Gasteiger charge is 2.19. The molecule has 25 heavy (non-hydrogen) atoms. The Balaban J connectivity index is 2.42. The van der Waals surface area contributed by atoms with E-state index < -0.39 is 0 Å². The monoisotopic (exact) mass is 377 g/mol. The number of para-hydroxylation sites is 2. The Labute approximate surface area is 158 Å². The first-order chi connectivity index (χ1) is 12.1. The van der Waals surface area contributed by atoms with Crippen LogP contribution in [-0.2, 0) is 16.0 Å². The first kappa shape index (κ1) is 19.4. The minimum absolute atomic E-state index is 0.186. The maximum Gasteiger partial charge on any atom is 0.310 e. The van der Waals surface area contributed by atoms with Crippen molar-refractivity contribution in [3.05, 3.63) is 70.7 Å². The van der Waals surface area contributed by atoms with Crippen molar-refractivity contribution in [1.82, 2.24) is 0 Å². The fraction of sp³-hybridized carbons (Fsp3) is 0.250. The summed E-state index contributed by atoms with van der Waals surface area (Å²) in [6.45, 7) is 6.72. The van der Waals surface area contributed by atoms with Crippen LogP contribution < -0.4 is 4.90 Å². The predicted octanol–water partition coefficient (Wildman–Crippen LogP) is 5.81. The molecule has 0 radical (unpaired) electrons. The lowest BCUT2D eigenvalue weighted by atomic mass is 10.1. The van der Waals surface area contributed by atoms with Crippen LogP contribution in [0.25, 0.3) is 0 Å². The lowest BCUT2D eigenvalue weighted by molar-refractivity contribution is -0.142. The van der Waals surface area contributed by atoms with Gasteiger partial charge in [-0.3, -0.25) is 4.79 Å². The van der Waals surface area contributed by atoms with Crippen LogP contribution in [0.4, 0.5) is 11.4 Å². The third-order valence-electron chi connectivity index (χ3n) is 3.60. The van der Waals surface area contributed by atoms with E-state index in [2.05, 4.69) is 6.58 Å². The van der Waals surface area contributed by atoms with Gasteiger partial charge in [0.1, 0.15) is 0 Å². The summed E-state index contributed by atoms with van der Waals surface area (Å²) in [4.78, 5) is 14.0. The number of benzene rings is 2. The van der Waals surface area contributed by atoms with Crippen LogP contribution >= 0.6 is 23.2 Å². The molecule has 0 N–H and O–H groups in total. The van der Waals surface area contributed by atoms with Crippen molar-refractivity contribution in [2.75, 3.05) is 18.1 Å². The van der Waals surface area contributed by atoms with Crippen molar-refractivity contribution in [2.45, 2.75) is 19.8 Å². The molecule has 0 heterocycles. The summed E-state index contributed by atoms with van der Waals surface area (Å²) < 4.78 is 5.21.